The molecule has 0 radical (unpaired) electrons. The highest BCUT2D eigenvalue weighted by molar-refractivity contribution is 7.94. The van der Waals surface area contributed by atoms with Crippen LogP contribution in [-0.2, 0) is 32.3 Å². The Morgan fingerprint density at radius 1 is 1.15 bits per heavy atom. The zero-order valence-corrected chi connectivity index (χ0v) is 18.7. The fourth-order valence-corrected chi connectivity index (χ4v) is 9.12. The van der Waals surface area contributed by atoms with Crippen LogP contribution in [0.2, 0.25) is 0 Å². The van der Waals surface area contributed by atoms with E-state index in [-0.39, 0.29) is 55.4 Å². The lowest BCUT2D eigenvalue weighted by Gasteiger charge is -2.35. The first-order valence-electron chi connectivity index (χ1n) is 11.1. The summed E-state index contributed by atoms with van der Waals surface area (Å²) in [5, 5.41) is 9.10. The molecule has 0 spiro atoms. The van der Waals surface area contributed by atoms with Crippen LogP contribution in [0.3, 0.4) is 0 Å². The van der Waals surface area contributed by atoms with E-state index in [1.54, 1.807) is 6.07 Å². The van der Waals surface area contributed by atoms with Crippen LogP contribution < -0.4 is 4.31 Å². The van der Waals surface area contributed by atoms with Crippen molar-refractivity contribution in [3.05, 3.63) is 65.2 Å². The molecule has 10 heteroatoms. The number of benzene rings is 2. The van der Waals surface area contributed by atoms with E-state index in [4.69, 9.17) is 14.7 Å². The third kappa shape index (κ3) is 2.90. The average Bonchev–Trinajstić information content (AvgIpc) is 3.35. The molecule has 2 aliphatic heterocycles. The molecule has 6 nitrogen and oxygen atoms in total. The van der Waals surface area contributed by atoms with Crippen LogP contribution in [0.5, 0.6) is 0 Å². The molecule has 6 rings (SSSR count). The van der Waals surface area contributed by atoms with Gasteiger partial charge >= 0.3 is 6.18 Å². The number of hydrogen-bond acceptors (Lipinski definition) is 5. The Balaban J connectivity index is 1.37. The van der Waals surface area contributed by atoms with Gasteiger partial charge in [0, 0.05) is 18.4 Å². The van der Waals surface area contributed by atoms with Gasteiger partial charge < -0.3 is 9.47 Å². The minimum Gasteiger partial charge on any atom is -0.375 e. The van der Waals surface area contributed by atoms with Crippen molar-refractivity contribution < 1.29 is 31.1 Å². The number of fused-ring (bicyclic) bond motifs is 8. The molecule has 4 fully saturated rings. The maximum Gasteiger partial charge on any atom is 0.417 e. The molecule has 0 amide bonds. The number of nitriles is 1. The van der Waals surface area contributed by atoms with E-state index in [0.29, 0.717) is 0 Å². The fourth-order valence-electron chi connectivity index (χ4n) is 6.48. The van der Waals surface area contributed by atoms with Crippen LogP contribution >= 0.6 is 0 Å². The summed E-state index contributed by atoms with van der Waals surface area (Å²) in [5.41, 5.74) is -0.836. The largest absolute Gasteiger partial charge is 0.417 e. The van der Waals surface area contributed by atoms with Gasteiger partial charge in [-0.25, -0.2) is 8.42 Å². The van der Waals surface area contributed by atoms with Gasteiger partial charge in [-0.3, -0.25) is 4.31 Å². The summed E-state index contributed by atoms with van der Waals surface area (Å²) in [4.78, 5) is 0. The van der Waals surface area contributed by atoms with Crippen LogP contribution in [0.25, 0.3) is 0 Å². The third-order valence-corrected chi connectivity index (χ3v) is 10.6. The first-order chi connectivity index (χ1) is 16.2. The van der Waals surface area contributed by atoms with Crippen LogP contribution in [0, 0.1) is 29.1 Å². The van der Waals surface area contributed by atoms with Crippen LogP contribution in [0.1, 0.15) is 23.1 Å². The maximum atomic E-state index is 14.1. The van der Waals surface area contributed by atoms with E-state index in [1.165, 1.54) is 6.07 Å². The molecule has 2 saturated carbocycles. The molecule has 178 valence electrons. The predicted molar refractivity (Wildman–Crippen MR) is 115 cm³/mol. The van der Waals surface area contributed by atoms with Crippen molar-refractivity contribution in [2.75, 3.05) is 17.5 Å². The summed E-state index contributed by atoms with van der Waals surface area (Å²) >= 11 is 0. The monoisotopic (exact) mass is 490 g/mol. The Kier molecular flexibility index (Phi) is 4.63. The summed E-state index contributed by atoms with van der Waals surface area (Å²) in [6.07, 6.45) is -4.16. The lowest BCUT2D eigenvalue weighted by molar-refractivity contribution is -0.137. The summed E-state index contributed by atoms with van der Waals surface area (Å²) in [5.74, 6) is -0.513. The highest BCUT2D eigenvalue weighted by atomic mass is 32.2. The second-order valence-electron chi connectivity index (χ2n) is 9.49. The summed E-state index contributed by atoms with van der Waals surface area (Å²) < 4.78 is 80.4. The predicted octanol–water partition coefficient (Wildman–Crippen LogP) is 3.72. The second kappa shape index (κ2) is 7.20. The first kappa shape index (κ1) is 21.9. The van der Waals surface area contributed by atoms with Crippen molar-refractivity contribution in [2.45, 2.75) is 36.2 Å². The van der Waals surface area contributed by atoms with Crippen molar-refractivity contribution in [1.82, 2.24) is 0 Å². The van der Waals surface area contributed by atoms with Crippen LogP contribution in [-0.4, -0.2) is 38.5 Å². The molecule has 0 N–H and O–H groups in total. The minimum atomic E-state index is -4.77. The van der Waals surface area contributed by atoms with Crippen molar-refractivity contribution in [2.24, 2.45) is 17.8 Å². The van der Waals surface area contributed by atoms with E-state index >= 15 is 0 Å². The van der Waals surface area contributed by atoms with Gasteiger partial charge in [0.2, 0.25) is 10.0 Å². The fraction of sp³-hybridized carbons (Fsp3) is 0.458. The SMILES string of the molecule is N#Cc1ccc(N2C[C@H]3[C@@H]4C[C@@H]([C@H]5O[C@@H]45)[C@@]3(COCc3ccccc3)S2(=O)=O)cc1C(F)(F)F. The van der Waals surface area contributed by atoms with Gasteiger partial charge in [0.15, 0.2) is 0 Å². The Hall–Kier alpha value is -2.61. The Morgan fingerprint density at radius 3 is 2.62 bits per heavy atom. The molecule has 2 aromatic rings. The number of halogens is 3. The quantitative estimate of drug-likeness (QED) is 0.597. The van der Waals surface area contributed by atoms with Gasteiger partial charge in [-0.15, -0.1) is 0 Å². The second-order valence-corrected chi connectivity index (χ2v) is 11.6. The normalized spacial score (nSPS) is 34.5. The van der Waals surface area contributed by atoms with Gasteiger partial charge in [-0.2, -0.15) is 18.4 Å². The molecule has 2 heterocycles. The van der Waals surface area contributed by atoms with E-state index in [9.17, 15) is 21.6 Å². The van der Waals surface area contributed by atoms with Crippen LogP contribution in [0.15, 0.2) is 48.5 Å². The van der Waals surface area contributed by atoms with Gasteiger partial charge in [0.1, 0.15) is 4.75 Å². The summed E-state index contributed by atoms with van der Waals surface area (Å²) in [6, 6.07) is 14.0. The molecular formula is C24H21F3N2O4S. The zero-order valence-electron chi connectivity index (χ0n) is 17.9. The van der Waals surface area contributed by atoms with E-state index in [2.05, 4.69) is 0 Å². The average molecular weight is 491 g/mol. The molecule has 6 atom stereocenters. The highest BCUT2D eigenvalue weighted by Crippen LogP contribution is 2.68. The topological polar surface area (TPSA) is 82.9 Å². The molecule has 2 aliphatic carbocycles. The van der Waals surface area contributed by atoms with Crippen molar-refractivity contribution in [3.63, 3.8) is 0 Å². The lowest BCUT2D eigenvalue weighted by atomic mass is 9.79. The minimum absolute atomic E-state index is 0.0269. The molecule has 2 aromatic carbocycles. The van der Waals surface area contributed by atoms with E-state index < -0.39 is 32.1 Å². The number of sulfonamides is 1. The number of rotatable bonds is 5. The number of nitrogens with zero attached hydrogens (tertiary/aromatic N) is 2. The smallest absolute Gasteiger partial charge is 0.375 e. The Labute approximate surface area is 194 Å². The Bertz CT molecular complexity index is 1290. The molecular weight excluding hydrogens is 469 g/mol. The number of ether oxygens (including phenoxy) is 2. The van der Waals surface area contributed by atoms with Gasteiger partial charge in [0.25, 0.3) is 0 Å². The third-order valence-electron chi connectivity index (χ3n) is 7.97. The van der Waals surface area contributed by atoms with E-state index in [0.717, 1.165) is 28.4 Å². The van der Waals surface area contributed by atoms with E-state index in [1.807, 2.05) is 30.3 Å². The molecule has 0 aromatic heterocycles. The van der Waals surface area contributed by atoms with Gasteiger partial charge in [-0.1, -0.05) is 30.3 Å². The summed E-state index contributed by atoms with van der Waals surface area (Å²) in [6.45, 7) is 0.280. The number of anilines is 1. The molecule has 2 saturated heterocycles. The number of hydrogen-bond donors (Lipinski definition) is 0. The first-order valence-corrected chi connectivity index (χ1v) is 12.5. The van der Waals surface area contributed by atoms with Gasteiger partial charge in [-0.05, 0) is 36.1 Å². The maximum absolute atomic E-state index is 14.1. The Morgan fingerprint density at radius 2 is 1.91 bits per heavy atom. The van der Waals surface area contributed by atoms with Crippen molar-refractivity contribution in [1.29, 1.82) is 5.26 Å². The molecule has 4 aliphatic rings. The number of alkyl halides is 3. The molecule has 0 unspecified atom stereocenters. The zero-order chi connectivity index (χ0) is 23.9. The van der Waals surface area contributed by atoms with Crippen molar-refractivity contribution >= 4 is 15.7 Å². The van der Waals surface area contributed by atoms with Gasteiger partial charge in [0.05, 0.1) is 48.3 Å². The molecule has 34 heavy (non-hydrogen) atoms. The standard InChI is InChI=1S/C24H21F3N2O4S/c25-24(26,27)18-8-16(7-6-15(18)10-28)29-11-20-17-9-19(22-21(17)33-22)23(20,34(29,30)31)13-32-12-14-4-2-1-3-5-14/h1-8,17,19-22H,9,11-13H2/t17-,19-,20-,21-,22+,23+/m0/s1. The summed E-state index contributed by atoms with van der Waals surface area (Å²) in [7, 11) is -4.07. The van der Waals surface area contributed by atoms with Crippen molar-refractivity contribution in [3.8, 4) is 6.07 Å². The lowest BCUT2D eigenvalue weighted by Crippen LogP contribution is -2.53. The number of epoxide rings is 1. The highest BCUT2D eigenvalue weighted by Gasteiger charge is 2.80. The van der Waals surface area contributed by atoms with Crippen LogP contribution in [0.4, 0.5) is 18.9 Å². The molecule has 2 bridgehead atoms.